The van der Waals surface area contributed by atoms with Crippen molar-refractivity contribution in [1.82, 2.24) is 19.7 Å². The molecular formula is C21H25N5O3S2. The smallest absolute Gasteiger partial charge is 0.245 e. The van der Waals surface area contributed by atoms with Crippen LogP contribution in [0.25, 0.3) is 0 Å². The Labute approximate surface area is 186 Å². The van der Waals surface area contributed by atoms with Crippen LogP contribution in [0.2, 0.25) is 0 Å². The third-order valence-corrected chi connectivity index (χ3v) is 7.91. The molecule has 1 aliphatic rings. The summed E-state index contributed by atoms with van der Waals surface area (Å²) in [5.41, 5.74) is 1.15. The SMILES string of the molecule is CCOc1ccc(CNc2ncccc2S(=O)(=O)NC2(c3nc(C)cs3)CCC2)cn1. The Morgan fingerprint density at radius 3 is 2.68 bits per heavy atom. The van der Waals surface area contributed by atoms with Gasteiger partial charge >= 0.3 is 0 Å². The molecule has 3 aromatic heterocycles. The van der Waals surface area contributed by atoms with Gasteiger partial charge in [-0.2, -0.15) is 4.72 Å². The van der Waals surface area contributed by atoms with E-state index in [2.05, 4.69) is 25.0 Å². The van der Waals surface area contributed by atoms with Crippen molar-refractivity contribution >= 4 is 27.2 Å². The highest BCUT2D eigenvalue weighted by Gasteiger charge is 2.45. The van der Waals surface area contributed by atoms with E-state index < -0.39 is 15.6 Å². The highest BCUT2D eigenvalue weighted by atomic mass is 32.2. The van der Waals surface area contributed by atoms with Crippen LogP contribution in [-0.4, -0.2) is 30.0 Å². The molecule has 0 spiro atoms. The van der Waals surface area contributed by atoms with Crippen molar-refractivity contribution in [1.29, 1.82) is 0 Å². The molecule has 0 atom stereocenters. The molecule has 0 radical (unpaired) electrons. The molecule has 3 heterocycles. The van der Waals surface area contributed by atoms with Gasteiger partial charge in [0.15, 0.2) is 0 Å². The van der Waals surface area contributed by atoms with Crippen molar-refractivity contribution in [2.75, 3.05) is 11.9 Å². The molecule has 2 N–H and O–H groups in total. The van der Waals surface area contributed by atoms with E-state index in [1.54, 1.807) is 30.6 Å². The first-order valence-corrected chi connectivity index (χ1v) is 12.5. The normalized spacial score (nSPS) is 15.3. The number of hydrogen-bond donors (Lipinski definition) is 2. The lowest BCUT2D eigenvalue weighted by Gasteiger charge is -2.40. The quantitative estimate of drug-likeness (QED) is 0.503. The van der Waals surface area contributed by atoms with Crippen LogP contribution >= 0.6 is 11.3 Å². The molecule has 164 valence electrons. The van der Waals surface area contributed by atoms with E-state index >= 15 is 0 Å². The standard InChI is InChI=1S/C21H25N5O3S2/c1-3-29-18-8-7-16(12-23-18)13-24-19-17(6-4-11-22-19)31(27,28)26-21(9-5-10-21)20-25-15(2)14-30-20/h4,6-8,11-12,14,26H,3,5,9-10,13H2,1-2H3,(H,22,24). The number of aromatic nitrogens is 3. The number of thiazole rings is 1. The molecular weight excluding hydrogens is 434 g/mol. The van der Waals surface area contributed by atoms with Gasteiger partial charge in [-0.05, 0) is 50.8 Å². The molecule has 0 saturated heterocycles. The molecule has 0 unspecified atom stereocenters. The van der Waals surface area contributed by atoms with Crippen LogP contribution < -0.4 is 14.8 Å². The maximum Gasteiger partial charge on any atom is 0.245 e. The summed E-state index contributed by atoms with van der Waals surface area (Å²) in [6.07, 6.45) is 5.70. The van der Waals surface area contributed by atoms with Gasteiger partial charge in [-0.25, -0.2) is 23.4 Å². The van der Waals surface area contributed by atoms with E-state index in [9.17, 15) is 8.42 Å². The maximum absolute atomic E-state index is 13.3. The summed E-state index contributed by atoms with van der Waals surface area (Å²) in [5.74, 6) is 0.855. The van der Waals surface area contributed by atoms with Crippen LogP contribution in [0.3, 0.4) is 0 Å². The summed E-state index contributed by atoms with van der Waals surface area (Å²) in [5, 5.41) is 5.90. The van der Waals surface area contributed by atoms with Crippen LogP contribution in [0.5, 0.6) is 5.88 Å². The molecule has 4 rings (SSSR count). The van der Waals surface area contributed by atoms with Crippen molar-refractivity contribution in [2.45, 2.75) is 50.1 Å². The minimum Gasteiger partial charge on any atom is -0.478 e. The van der Waals surface area contributed by atoms with Crippen LogP contribution in [0.1, 0.15) is 42.5 Å². The molecule has 31 heavy (non-hydrogen) atoms. The molecule has 1 fully saturated rings. The molecule has 3 aromatic rings. The first kappa shape index (κ1) is 21.7. The second-order valence-corrected chi connectivity index (χ2v) is 9.99. The summed E-state index contributed by atoms with van der Waals surface area (Å²) in [7, 11) is -3.81. The number of nitrogens with zero attached hydrogens (tertiary/aromatic N) is 3. The van der Waals surface area contributed by atoms with Gasteiger partial charge in [0.2, 0.25) is 15.9 Å². The fourth-order valence-electron chi connectivity index (χ4n) is 3.45. The predicted molar refractivity (Wildman–Crippen MR) is 120 cm³/mol. The summed E-state index contributed by atoms with van der Waals surface area (Å²) in [4.78, 5) is 13.2. The zero-order valence-electron chi connectivity index (χ0n) is 17.5. The molecule has 0 bridgehead atoms. The minimum absolute atomic E-state index is 0.119. The Morgan fingerprint density at radius 2 is 2.06 bits per heavy atom. The minimum atomic E-state index is -3.81. The average molecular weight is 460 g/mol. The van der Waals surface area contributed by atoms with Crippen molar-refractivity contribution < 1.29 is 13.2 Å². The first-order chi connectivity index (χ1) is 14.9. The van der Waals surface area contributed by atoms with Gasteiger partial charge < -0.3 is 10.1 Å². The first-order valence-electron chi connectivity index (χ1n) is 10.1. The largest absolute Gasteiger partial charge is 0.478 e. The van der Waals surface area contributed by atoms with Crippen molar-refractivity contribution in [3.63, 3.8) is 0 Å². The molecule has 1 aliphatic carbocycles. The Morgan fingerprint density at radius 1 is 1.23 bits per heavy atom. The van der Waals surface area contributed by atoms with Crippen molar-refractivity contribution in [3.05, 3.63) is 58.3 Å². The molecule has 0 amide bonds. The van der Waals surface area contributed by atoms with Crippen LogP contribution in [0, 0.1) is 6.92 Å². The van der Waals surface area contributed by atoms with Crippen molar-refractivity contribution in [2.24, 2.45) is 0 Å². The molecule has 10 heteroatoms. The van der Waals surface area contributed by atoms with E-state index in [0.717, 1.165) is 35.5 Å². The Bertz CT molecular complexity index is 1140. The molecule has 1 saturated carbocycles. The number of pyridine rings is 2. The fraction of sp³-hybridized carbons (Fsp3) is 0.381. The average Bonchev–Trinajstić information content (AvgIpc) is 3.17. The molecule has 8 nitrogen and oxygen atoms in total. The maximum atomic E-state index is 13.3. The summed E-state index contributed by atoms with van der Waals surface area (Å²) in [6.45, 7) is 4.75. The second kappa shape index (κ2) is 8.89. The Balaban J connectivity index is 1.53. The van der Waals surface area contributed by atoms with Gasteiger partial charge in [0.1, 0.15) is 15.7 Å². The van der Waals surface area contributed by atoms with E-state index in [1.165, 1.54) is 11.3 Å². The van der Waals surface area contributed by atoms with Crippen molar-refractivity contribution in [3.8, 4) is 5.88 Å². The van der Waals surface area contributed by atoms with E-state index in [-0.39, 0.29) is 4.90 Å². The number of sulfonamides is 1. The lowest BCUT2D eigenvalue weighted by atomic mass is 9.78. The van der Waals surface area contributed by atoms with Crippen LogP contribution in [-0.2, 0) is 22.1 Å². The van der Waals surface area contributed by atoms with Gasteiger partial charge in [-0.15, -0.1) is 11.3 Å². The van der Waals surface area contributed by atoms with Gasteiger partial charge in [0.05, 0.1) is 12.1 Å². The Hall–Kier alpha value is -2.56. The molecule has 0 aliphatic heterocycles. The van der Waals surface area contributed by atoms with Gasteiger partial charge in [0.25, 0.3) is 0 Å². The van der Waals surface area contributed by atoms with E-state index in [1.807, 2.05) is 25.3 Å². The van der Waals surface area contributed by atoms with Gasteiger partial charge in [-0.3, -0.25) is 0 Å². The predicted octanol–water partition coefficient (Wildman–Crippen LogP) is 3.61. The third kappa shape index (κ3) is 4.70. The van der Waals surface area contributed by atoms with Crippen LogP contribution in [0.15, 0.2) is 46.9 Å². The topological polar surface area (TPSA) is 106 Å². The van der Waals surface area contributed by atoms with Crippen LogP contribution in [0.4, 0.5) is 5.82 Å². The van der Waals surface area contributed by atoms with E-state index in [4.69, 9.17) is 4.74 Å². The second-order valence-electron chi connectivity index (χ2n) is 7.48. The molecule has 0 aromatic carbocycles. The number of nitrogens with one attached hydrogen (secondary N) is 2. The Kier molecular flexibility index (Phi) is 6.22. The third-order valence-electron chi connectivity index (χ3n) is 5.18. The number of hydrogen-bond acceptors (Lipinski definition) is 8. The lowest BCUT2D eigenvalue weighted by Crippen LogP contribution is -2.50. The van der Waals surface area contributed by atoms with E-state index in [0.29, 0.717) is 24.8 Å². The zero-order chi connectivity index (χ0) is 21.9. The summed E-state index contributed by atoms with van der Waals surface area (Å²) < 4.78 is 34.9. The number of ether oxygens (including phenoxy) is 1. The summed E-state index contributed by atoms with van der Waals surface area (Å²) in [6, 6.07) is 6.86. The number of rotatable bonds is 9. The monoisotopic (exact) mass is 459 g/mol. The fourth-order valence-corrected chi connectivity index (χ4v) is 6.09. The zero-order valence-corrected chi connectivity index (χ0v) is 19.1. The highest BCUT2D eigenvalue weighted by molar-refractivity contribution is 7.89. The summed E-state index contributed by atoms with van der Waals surface area (Å²) >= 11 is 1.50. The number of aryl methyl sites for hydroxylation is 1. The van der Waals surface area contributed by atoms with Gasteiger partial charge in [-0.1, -0.05) is 6.07 Å². The highest BCUT2D eigenvalue weighted by Crippen LogP contribution is 2.43. The van der Waals surface area contributed by atoms with Gasteiger partial charge in [0, 0.05) is 36.1 Å². The lowest BCUT2D eigenvalue weighted by molar-refractivity contribution is 0.223. The number of anilines is 1.